The minimum atomic E-state index is -3.68. The van der Waals surface area contributed by atoms with Gasteiger partial charge in [0, 0.05) is 6.04 Å². The van der Waals surface area contributed by atoms with Crippen LogP contribution in [0.5, 0.6) is 5.75 Å². The number of carbonyl (C=O) groups excluding carboxylic acids is 1. The number of anilines is 1. The molecule has 8 heteroatoms. The van der Waals surface area contributed by atoms with Gasteiger partial charge in [-0.25, -0.2) is 13.1 Å². The van der Waals surface area contributed by atoms with Crippen molar-refractivity contribution in [3.8, 4) is 5.75 Å². The third-order valence-electron chi connectivity index (χ3n) is 2.87. The summed E-state index contributed by atoms with van der Waals surface area (Å²) in [5.41, 5.74) is 0.237. The van der Waals surface area contributed by atoms with E-state index < -0.39 is 15.9 Å². The highest BCUT2D eigenvalue weighted by Gasteiger charge is 2.19. The Kier molecular flexibility index (Phi) is 5.07. The van der Waals surface area contributed by atoms with Crippen molar-refractivity contribution in [1.82, 2.24) is 4.72 Å². The lowest BCUT2D eigenvalue weighted by Crippen LogP contribution is -2.30. The van der Waals surface area contributed by atoms with Crippen molar-refractivity contribution >= 4 is 21.6 Å². The van der Waals surface area contributed by atoms with Gasteiger partial charge in [-0.3, -0.25) is 4.79 Å². The zero-order valence-corrected chi connectivity index (χ0v) is 13.8. The van der Waals surface area contributed by atoms with Crippen molar-refractivity contribution in [3.63, 3.8) is 0 Å². The zero-order chi connectivity index (χ0) is 17.0. The smallest absolute Gasteiger partial charge is 0.291 e. The standard InChI is InChI=1S/C15H18N2O5S/c1-10(2)17-23(19,20)11-6-7-13(21-3)12(9-11)16-15(18)14-5-4-8-22-14/h4-10,17H,1-3H3,(H,16,18). The number of hydrogen-bond acceptors (Lipinski definition) is 5. The molecule has 0 aliphatic heterocycles. The van der Waals surface area contributed by atoms with Crippen molar-refractivity contribution in [2.75, 3.05) is 12.4 Å². The summed E-state index contributed by atoms with van der Waals surface area (Å²) in [6.45, 7) is 3.45. The molecule has 2 N–H and O–H groups in total. The fraction of sp³-hybridized carbons (Fsp3) is 0.267. The molecule has 1 aromatic heterocycles. The number of amides is 1. The van der Waals surface area contributed by atoms with E-state index in [1.54, 1.807) is 19.9 Å². The van der Waals surface area contributed by atoms with Crippen molar-refractivity contribution in [3.05, 3.63) is 42.4 Å². The summed E-state index contributed by atoms with van der Waals surface area (Å²) in [5.74, 6) is -0.0475. The van der Waals surface area contributed by atoms with Crippen LogP contribution in [0.1, 0.15) is 24.4 Å². The molecule has 23 heavy (non-hydrogen) atoms. The molecule has 1 amide bonds. The van der Waals surface area contributed by atoms with E-state index in [1.807, 2.05) is 0 Å². The normalized spacial score (nSPS) is 11.5. The molecule has 2 aromatic rings. The van der Waals surface area contributed by atoms with Crippen LogP contribution in [-0.2, 0) is 10.0 Å². The molecule has 0 radical (unpaired) electrons. The van der Waals surface area contributed by atoms with Gasteiger partial charge in [-0.05, 0) is 44.2 Å². The molecule has 0 unspecified atom stereocenters. The third-order valence-corrected chi connectivity index (χ3v) is 4.52. The van der Waals surface area contributed by atoms with Crippen LogP contribution in [0.4, 0.5) is 5.69 Å². The van der Waals surface area contributed by atoms with Crippen molar-refractivity contribution in [2.24, 2.45) is 0 Å². The Bertz CT molecular complexity index is 782. The lowest BCUT2D eigenvalue weighted by molar-refractivity contribution is 0.0996. The largest absolute Gasteiger partial charge is 0.495 e. The number of benzene rings is 1. The van der Waals surface area contributed by atoms with E-state index in [2.05, 4.69) is 10.0 Å². The number of carbonyl (C=O) groups is 1. The van der Waals surface area contributed by atoms with Gasteiger partial charge in [-0.15, -0.1) is 0 Å². The van der Waals surface area contributed by atoms with E-state index in [4.69, 9.17) is 9.15 Å². The van der Waals surface area contributed by atoms with Crippen LogP contribution in [-0.4, -0.2) is 27.5 Å². The first-order valence-corrected chi connectivity index (χ1v) is 8.37. The van der Waals surface area contributed by atoms with E-state index in [9.17, 15) is 13.2 Å². The van der Waals surface area contributed by atoms with Gasteiger partial charge in [0.15, 0.2) is 5.76 Å². The maximum Gasteiger partial charge on any atom is 0.291 e. The number of nitrogens with one attached hydrogen (secondary N) is 2. The maximum atomic E-state index is 12.2. The Morgan fingerprint density at radius 3 is 2.57 bits per heavy atom. The lowest BCUT2D eigenvalue weighted by Gasteiger charge is -2.13. The topological polar surface area (TPSA) is 97.6 Å². The summed E-state index contributed by atoms with van der Waals surface area (Å²) < 4.78 is 37.1. The number of ether oxygens (including phenoxy) is 1. The molecule has 0 atom stereocenters. The van der Waals surface area contributed by atoms with E-state index in [1.165, 1.54) is 37.6 Å². The number of rotatable bonds is 6. The summed E-state index contributed by atoms with van der Waals surface area (Å²) in [5, 5.41) is 2.58. The minimum Gasteiger partial charge on any atom is -0.495 e. The van der Waals surface area contributed by atoms with Gasteiger partial charge >= 0.3 is 0 Å². The molecule has 0 bridgehead atoms. The molecule has 1 aromatic carbocycles. The number of hydrogen-bond donors (Lipinski definition) is 2. The second-order valence-electron chi connectivity index (χ2n) is 5.07. The van der Waals surface area contributed by atoms with Crippen LogP contribution in [0.2, 0.25) is 0 Å². The summed E-state index contributed by atoms with van der Waals surface area (Å²) in [4.78, 5) is 12.1. The molecule has 1 heterocycles. The molecule has 0 saturated carbocycles. The van der Waals surface area contributed by atoms with Gasteiger partial charge in [0.25, 0.3) is 5.91 Å². The Morgan fingerprint density at radius 2 is 2.00 bits per heavy atom. The van der Waals surface area contributed by atoms with Crippen molar-refractivity contribution < 1.29 is 22.4 Å². The predicted molar refractivity (Wildman–Crippen MR) is 85.1 cm³/mol. The van der Waals surface area contributed by atoms with E-state index in [0.29, 0.717) is 5.75 Å². The molecular formula is C15H18N2O5S. The average Bonchev–Trinajstić information content (AvgIpc) is 3.00. The van der Waals surface area contributed by atoms with E-state index in [0.717, 1.165) is 0 Å². The highest BCUT2D eigenvalue weighted by Crippen LogP contribution is 2.28. The zero-order valence-electron chi connectivity index (χ0n) is 13.0. The van der Waals surface area contributed by atoms with Crippen LogP contribution >= 0.6 is 0 Å². The Labute approximate surface area is 134 Å². The predicted octanol–water partition coefficient (Wildman–Crippen LogP) is 2.23. The van der Waals surface area contributed by atoms with Crippen LogP contribution in [0.3, 0.4) is 0 Å². The van der Waals surface area contributed by atoms with Crippen LogP contribution in [0.15, 0.2) is 45.9 Å². The van der Waals surface area contributed by atoms with Crippen LogP contribution in [0.25, 0.3) is 0 Å². The summed E-state index contributed by atoms with van der Waals surface area (Å²) in [6.07, 6.45) is 1.37. The second kappa shape index (κ2) is 6.84. The monoisotopic (exact) mass is 338 g/mol. The molecule has 0 fully saturated rings. The summed E-state index contributed by atoms with van der Waals surface area (Å²) >= 11 is 0. The van der Waals surface area contributed by atoms with Crippen molar-refractivity contribution in [2.45, 2.75) is 24.8 Å². The first kappa shape index (κ1) is 17.0. The third kappa shape index (κ3) is 4.11. The fourth-order valence-corrected chi connectivity index (χ4v) is 3.20. The van der Waals surface area contributed by atoms with Gasteiger partial charge in [0.2, 0.25) is 10.0 Å². The molecule has 0 saturated heterocycles. The first-order chi connectivity index (χ1) is 10.8. The van der Waals surface area contributed by atoms with Crippen molar-refractivity contribution in [1.29, 1.82) is 0 Å². The molecule has 0 spiro atoms. The highest BCUT2D eigenvalue weighted by molar-refractivity contribution is 7.89. The minimum absolute atomic E-state index is 0.0294. The Morgan fingerprint density at radius 1 is 1.26 bits per heavy atom. The Hall–Kier alpha value is -2.32. The van der Waals surface area contributed by atoms with Gasteiger partial charge < -0.3 is 14.5 Å². The number of methoxy groups -OCH3 is 1. The van der Waals surface area contributed by atoms with Gasteiger partial charge in [0.1, 0.15) is 5.75 Å². The number of sulfonamides is 1. The van der Waals surface area contributed by atoms with E-state index in [-0.39, 0.29) is 22.4 Å². The van der Waals surface area contributed by atoms with Gasteiger partial charge in [0.05, 0.1) is 24.0 Å². The molecular weight excluding hydrogens is 320 g/mol. The quantitative estimate of drug-likeness (QED) is 0.842. The van der Waals surface area contributed by atoms with Gasteiger partial charge in [-0.2, -0.15) is 0 Å². The fourth-order valence-electron chi connectivity index (χ4n) is 1.92. The Balaban J connectivity index is 2.34. The average molecular weight is 338 g/mol. The molecule has 7 nitrogen and oxygen atoms in total. The first-order valence-electron chi connectivity index (χ1n) is 6.88. The van der Waals surface area contributed by atoms with Crippen LogP contribution in [0, 0.1) is 0 Å². The maximum absolute atomic E-state index is 12.2. The SMILES string of the molecule is COc1ccc(S(=O)(=O)NC(C)C)cc1NC(=O)c1ccco1. The lowest BCUT2D eigenvalue weighted by atomic mass is 10.3. The van der Waals surface area contributed by atoms with E-state index >= 15 is 0 Å². The summed E-state index contributed by atoms with van der Waals surface area (Å²) in [6, 6.07) is 7.06. The number of furan rings is 1. The molecule has 2 rings (SSSR count). The van der Waals surface area contributed by atoms with Gasteiger partial charge in [-0.1, -0.05) is 0 Å². The summed E-state index contributed by atoms with van der Waals surface area (Å²) in [7, 11) is -2.25. The highest BCUT2D eigenvalue weighted by atomic mass is 32.2. The second-order valence-corrected chi connectivity index (χ2v) is 6.78. The molecule has 0 aliphatic carbocycles. The molecule has 0 aliphatic rings. The van der Waals surface area contributed by atoms with Crippen LogP contribution < -0.4 is 14.8 Å². The molecule has 124 valence electrons.